The Bertz CT molecular complexity index is 456. The quantitative estimate of drug-likeness (QED) is 0.623. The van der Waals surface area contributed by atoms with E-state index in [2.05, 4.69) is 11.9 Å². The van der Waals surface area contributed by atoms with Crippen LogP contribution < -0.4 is 5.32 Å². The molecule has 0 radical (unpaired) electrons. The molecule has 1 aliphatic rings. The van der Waals surface area contributed by atoms with Gasteiger partial charge in [-0.15, -0.1) is 6.58 Å². The maximum absolute atomic E-state index is 12.0. The minimum absolute atomic E-state index is 0.120. The molecular formula is C14H16N2O2. The molecule has 0 aliphatic carbocycles. The van der Waals surface area contributed by atoms with E-state index in [-0.39, 0.29) is 18.2 Å². The lowest BCUT2D eigenvalue weighted by Crippen LogP contribution is -2.38. The maximum atomic E-state index is 12.0. The Morgan fingerprint density at radius 2 is 2.06 bits per heavy atom. The van der Waals surface area contributed by atoms with Crippen LogP contribution in [0.25, 0.3) is 0 Å². The van der Waals surface area contributed by atoms with Gasteiger partial charge >= 0.3 is 0 Å². The fourth-order valence-electron chi connectivity index (χ4n) is 2.00. The second kappa shape index (κ2) is 5.60. The van der Waals surface area contributed by atoms with Crippen LogP contribution in [0.15, 0.2) is 43.0 Å². The zero-order valence-corrected chi connectivity index (χ0v) is 10.1. The number of benzene rings is 1. The molecule has 1 fully saturated rings. The summed E-state index contributed by atoms with van der Waals surface area (Å²) in [5, 5.41) is 3.00. The molecule has 1 aliphatic heterocycles. The fourth-order valence-corrected chi connectivity index (χ4v) is 2.00. The normalized spacial score (nSPS) is 19.3. The van der Waals surface area contributed by atoms with Crippen molar-refractivity contribution in [2.75, 3.05) is 6.54 Å². The lowest BCUT2D eigenvalue weighted by Gasteiger charge is -2.15. The highest BCUT2D eigenvalue weighted by molar-refractivity contribution is 6.05. The van der Waals surface area contributed by atoms with E-state index in [1.165, 1.54) is 4.90 Å². The van der Waals surface area contributed by atoms with Gasteiger partial charge in [0.15, 0.2) is 0 Å². The molecule has 1 heterocycles. The number of carbonyl (C=O) groups is 2. The van der Waals surface area contributed by atoms with Gasteiger partial charge in [0.05, 0.1) is 19.0 Å². The molecule has 4 heteroatoms. The van der Waals surface area contributed by atoms with Crippen LogP contribution in [0.1, 0.15) is 12.0 Å². The van der Waals surface area contributed by atoms with E-state index < -0.39 is 6.04 Å². The number of likely N-dealkylation sites (tertiary alicyclic amines) is 1. The number of hydrogen-bond donors (Lipinski definition) is 1. The monoisotopic (exact) mass is 244 g/mol. The first kappa shape index (κ1) is 12.5. The summed E-state index contributed by atoms with van der Waals surface area (Å²) in [5.41, 5.74) is 0.962. The summed E-state index contributed by atoms with van der Waals surface area (Å²) < 4.78 is 0. The molecule has 0 unspecified atom stereocenters. The van der Waals surface area contributed by atoms with E-state index in [0.29, 0.717) is 13.1 Å². The number of carbonyl (C=O) groups excluding carboxylic acids is 2. The van der Waals surface area contributed by atoms with Crippen LogP contribution in [-0.2, 0) is 16.1 Å². The number of hydrogen-bond acceptors (Lipinski definition) is 3. The molecule has 2 rings (SSSR count). The van der Waals surface area contributed by atoms with Gasteiger partial charge < -0.3 is 5.32 Å². The van der Waals surface area contributed by atoms with Crippen LogP contribution in [0.4, 0.5) is 0 Å². The summed E-state index contributed by atoms with van der Waals surface area (Å²) in [4.78, 5) is 25.2. The first-order valence-electron chi connectivity index (χ1n) is 5.95. The van der Waals surface area contributed by atoms with E-state index in [9.17, 15) is 9.59 Å². The molecule has 1 aromatic carbocycles. The highest BCUT2D eigenvalue weighted by Crippen LogP contribution is 2.16. The molecule has 0 aromatic heterocycles. The highest BCUT2D eigenvalue weighted by Gasteiger charge is 2.37. The summed E-state index contributed by atoms with van der Waals surface area (Å²) in [6, 6.07) is 9.11. The fraction of sp³-hybridized carbons (Fsp3) is 0.286. The third-order valence-corrected chi connectivity index (χ3v) is 2.94. The Hall–Kier alpha value is -1.94. The lowest BCUT2D eigenvalue weighted by molar-refractivity contribution is -0.139. The number of nitrogens with zero attached hydrogens (tertiary/aromatic N) is 1. The standard InChI is InChI=1S/C14H16N2O2/c1-2-8-15-12-9-13(17)16(14(12)18)10-11-6-4-3-5-7-11/h2-7,12,15H,1,8-10H2/t12-/m1/s1. The number of amides is 2. The summed E-state index contributed by atoms with van der Waals surface area (Å²) in [7, 11) is 0. The van der Waals surface area contributed by atoms with Gasteiger partial charge in [0.25, 0.3) is 0 Å². The number of rotatable bonds is 5. The zero-order valence-electron chi connectivity index (χ0n) is 10.1. The predicted molar refractivity (Wildman–Crippen MR) is 68.6 cm³/mol. The third-order valence-electron chi connectivity index (χ3n) is 2.94. The van der Waals surface area contributed by atoms with Gasteiger partial charge in [0.2, 0.25) is 11.8 Å². The van der Waals surface area contributed by atoms with Crippen molar-refractivity contribution >= 4 is 11.8 Å². The molecule has 1 N–H and O–H groups in total. The van der Waals surface area contributed by atoms with Crippen molar-refractivity contribution in [3.05, 3.63) is 48.6 Å². The Balaban J connectivity index is 2.03. The second-order valence-corrected chi connectivity index (χ2v) is 4.26. The molecule has 2 amide bonds. The van der Waals surface area contributed by atoms with E-state index in [4.69, 9.17) is 0 Å². The van der Waals surface area contributed by atoms with Crippen LogP contribution in [0.5, 0.6) is 0 Å². The topological polar surface area (TPSA) is 49.4 Å². The van der Waals surface area contributed by atoms with Crippen molar-refractivity contribution in [1.29, 1.82) is 0 Å². The first-order valence-corrected chi connectivity index (χ1v) is 5.95. The molecule has 1 saturated heterocycles. The number of imide groups is 1. The SMILES string of the molecule is C=CCN[C@@H]1CC(=O)N(Cc2ccccc2)C1=O. The summed E-state index contributed by atoms with van der Waals surface area (Å²) in [6.07, 6.45) is 1.91. The van der Waals surface area contributed by atoms with Crippen molar-refractivity contribution in [2.45, 2.75) is 19.0 Å². The molecule has 0 spiro atoms. The van der Waals surface area contributed by atoms with Crippen molar-refractivity contribution in [1.82, 2.24) is 10.2 Å². The smallest absolute Gasteiger partial charge is 0.247 e. The molecular weight excluding hydrogens is 228 g/mol. The Morgan fingerprint density at radius 1 is 1.33 bits per heavy atom. The van der Waals surface area contributed by atoms with Gasteiger partial charge in [-0.25, -0.2) is 0 Å². The molecule has 94 valence electrons. The third kappa shape index (κ3) is 2.65. The largest absolute Gasteiger partial charge is 0.302 e. The summed E-state index contributed by atoms with van der Waals surface area (Å²) in [5.74, 6) is -0.267. The van der Waals surface area contributed by atoms with Crippen LogP contribution in [0.3, 0.4) is 0 Å². The van der Waals surface area contributed by atoms with Gasteiger partial charge in [0.1, 0.15) is 0 Å². The van der Waals surface area contributed by atoms with Crippen molar-refractivity contribution in [2.24, 2.45) is 0 Å². The second-order valence-electron chi connectivity index (χ2n) is 4.26. The van der Waals surface area contributed by atoms with Gasteiger partial charge in [-0.1, -0.05) is 36.4 Å². The highest BCUT2D eigenvalue weighted by atomic mass is 16.2. The van der Waals surface area contributed by atoms with Gasteiger partial charge in [-0.2, -0.15) is 0 Å². The molecule has 4 nitrogen and oxygen atoms in total. The summed E-state index contributed by atoms with van der Waals surface area (Å²) in [6.45, 7) is 4.46. The Kier molecular flexibility index (Phi) is 3.89. The van der Waals surface area contributed by atoms with Crippen LogP contribution in [-0.4, -0.2) is 29.3 Å². The molecule has 0 bridgehead atoms. The number of nitrogens with one attached hydrogen (secondary N) is 1. The van der Waals surface area contributed by atoms with Crippen LogP contribution >= 0.6 is 0 Å². The van der Waals surface area contributed by atoms with Gasteiger partial charge in [-0.05, 0) is 5.56 Å². The first-order chi connectivity index (χ1) is 8.72. The van der Waals surface area contributed by atoms with Gasteiger partial charge in [-0.3, -0.25) is 14.5 Å². The molecule has 1 atom stereocenters. The zero-order chi connectivity index (χ0) is 13.0. The molecule has 1 aromatic rings. The van der Waals surface area contributed by atoms with Gasteiger partial charge in [0, 0.05) is 6.54 Å². The van der Waals surface area contributed by atoms with Crippen molar-refractivity contribution in [3.8, 4) is 0 Å². The Labute approximate surface area is 106 Å². The lowest BCUT2D eigenvalue weighted by atomic mass is 10.2. The summed E-state index contributed by atoms with van der Waals surface area (Å²) >= 11 is 0. The maximum Gasteiger partial charge on any atom is 0.247 e. The molecule has 18 heavy (non-hydrogen) atoms. The van der Waals surface area contributed by atoms with E-state index in [1.54, 1.807) is 6.08 Å². The minimum Gasteiger partial charge on any atom is -0.302 e. The van der Waals surface area contributed by atoms with E-state index >= 15 is 0 Å². The van der Waals surface area contributed by atoms with Crippen molar-refractivity contribution < 1.29 is 9.59 Å². The van der Waals surface area contributed by atoms with Crippen LogP contribution in [0, 0.1) is 0 Å². The van der Waals surface area contributed by atoms with Crippen LogP contribution in [0.2, 0.25) is 0 Å². The van der Waals surface area contributed by atoms with E-state index in [0.717, 1.165) is 5.56 Å². The predicted octanol–water partition coefficient (Wildman–Crippen LogP) is 1.09. The average Bonchev–Trinajstić information content (AvgIpc) is 2.65. The van der Waals surface area contributed by atoms with Crippen molar-refractivity contribution in [3.63, 3.8) is 0 Å². The van der Waals surface area contributed by atoms with E-state index in [1.807, 2.05) is 30.3 Å². The Morgan fingerprint density at radius 3 is 2.72 bits per heavy atom. The minimum atomic E-state index is -0.404. The molecule has 0 saturated carbocycles. The average molecular weight is 244 g/mol.